The average molecular weight is 305 g/mol. The molecule has 2 aliphatic rings. The number of carboxylic acids is 1. The van der Waals surface area contributed by atoms with E-state index in [0.717, 1.165) is 6.42 Å². The quantitative estimate of drug-likeness (QED) is 0.871. The van der Waals surface area contributed by atoms with E-state index in [1.807, 2.05) is 18.3 Å². The SMILES string of the molecule is O=C(O)c1ccc2c(c1)N=CC1(CC=Cc3ccccc31)CO2. The number of nitrogens with zero attached hydrogens (tertiary/aromatic N) is 1. The van der Waals surface area contributed by atoms with Crippen LogP contribution < -0.4 is 4.74 Å². The van der Waals surface area contributed by atoms with Gasteiger partial charge < -0.3 is 9.84 Å². The molecule has 0 amide bonds. The minimum Gasteiger partial charge on any atom is -0.490 e. The van der Waals surface area contributed by atoms with E-state index in [0.29, 0.717) is 18.0 Å². The second-order valence-electron chi connectivity index (χ2n) is 5.88. The maximum atomic E-state index is 11.1. The summed E-state index contributed by atoms with van der Waals surface area (Å²) in [6.45, 7) is 0.483. The molecule has 1 aliphatic carbocycles. The fourth-order valence-corrected chi connectivity index (χ4v) is 3.17. The van der Waals surface area contributed by atoms with Crippen LogP contribution in [-0.4, -0.2) is 23.9 Å². The molecular weight excluding hydrogens is 290 g/mol. The zero-order chi connectivity index (χ0) is 15.9. The van der Waals surface area contributed by atoms with Crippen molar-refractivity contribution >= 4 is 23.9 Å². The van der Waals surface area contributed by atoms with Gasteiger partial charge in [-0.25, -0.2) is 4.79 Å². The zero-order valence-electron chi connectivity index (χ0n) is 12.4. The molecule has 1 atom stereocenters. The maximum Gasteiger partial charge on any atom is 0.335 e. The highest BCUT2D eigenvalue weighted by Crippen LogP contribution is 2.40. The van der Waals surface area contributed by atoms with Crippen LogP contribution in [0.25, 0.3) is 6.08 Å². The minimum absolute atomic E-state index is 0.212. The number of aromatic carboxylic acids is 1. The molecule has 1 unspecified atom stereocenters. The predicted molar refractivity (Wildman–Crippen MR) is 88.8 cm³/mol. The molecule has 2 aromatic rings. The van der Waals surface area contributed by atoms with Crippen LogP contribution >= 0.6 is 0 Å². The summed E-state index contributed by atoms with van der Waals surface area (Å²) in [6.07, 6.45) is 6.98. The summed E-state index contributed by atoms with van der Waals surface area (Å²) < 4.78 is 5.98. The third kappa shape index (κ3) is 2.23. The van der Waals surface area contributed by atoms with Gasteiger partial charge in [-0.15, -0.1) is 0 Å². The molecule has 4 nitrogen and oxygen atoms in total. The Morgan fingerprint density at radius 2 is 2.09 bits per heavy atom. The molecule has 114 valence electrons. The van der Waals surface area contributed by atoms with Gasteiger partial charge in [0, 0.05) is 6.21 Å². The number of hydrogen-bond donors (Lipinski definition) is 1. The van der Waals surface area contributed by atoms with Gasteiger partial charge in [0.15, 0.2) is 0 Å². The number of benzene rings is 2. The summed E-state index contributed by atoms with van der Waals surface area (Å²) in [7, 11) is 0. The maximum absolute atomic E-state index is 11.1. The molecule has 0 aromatic heterocycles. The second-order valence-corrected chi connectivity index (χ2v) is 5.88. The first-order chi connectivity index (χ1) is 11.2. The van der Waals surface area contributed by atoms with E-state index in [1.54, 1.807) is 18.2 Å². The smallest absolute Gasteiger partial charge is 0.335 e. The van der Waals surface area contributed by atoms with E-state index in [4.69, 9.17) is 9.84 Å². The lowest BCUT2D eigenvalue weighted by Gasteiger charge is -2.32. The van der Waals surface area contributed by atoms with Crippen molar-refractivity contribution in [1.29, 1.82) is 0 Å². The van der Waals surface area contributed by atoms with Crippen LogP contribution in [0.2, 0.25) is 0 Å². The number of hydrogen-bond acceptors (Lipinski definition) is 3. The molecule has 4 heteroatoms. The average Bonchev–Trinajstić information content (AvgIpc) is 2.76. The van der Waals surface area contributed by atoms with Crippen LogP contribution in [0.4, 0.5) is 5.69 Å². The summed E-state index contributed by atoms with van der Waals surface area (Å²) >= 11 is 0. The van der Waals surface area contributed by atoms with Crippen LogP contribution in [0.15, 0.2) is 53.5 Å². The van der Waals surface area contributed by atoms with Gasteiger partial charge in [0.05, 0.1) is 11.0 Å². The minimum atomic E-state index is -0.965. The van der Waals surface area contributed by atoms with Gasteiger partial charge in [0.25, 0.3) is 0 Å². The number of carboxylic acid groups (broad SMARTS) is 1. The Labute approximate surface area is 133 Å². The molecule has 0 saturated heterocycles. The normalized spacial score (nSPS) is 21.2. The van der Waals surface area contributed by atoms with Crippen LogP contribution in [0.3, 0.4) is 0 Å². The van der Waals surface area contributed by atoms with E-state index in [2.05, 4.69) is 29.3 Å². The molecule has 1 spiro atoms. The highest BCUT2D eigenvalue weighted by atomic mass is 16.5. The first-order valence-electron chi connectivity index (χ1n) is 7.49. The molecule has 0 saturated carbocycles. The van der Waals surface area contributed by atoms with Gasteiger partial charge in [-0.2, -0.15) is 0 Å². The summed E-state index contributed by atoms with van der Waals surface area (Å²) in [5, 5.41) is 9.13. The van der Waals surface area contributed by atoms with Crippen LogP contribution in [-0.2, 0) is 5.41 Å². The third-order valence-corrected chi connectivity index (χ3v) is 4.42. The Balaban J connectivity index is 1.79. The predicted octanol–water partition coefficient (Wildman–Crippen LogP) is 3.83. The third-order valence-electron chi connectivity index (χ3n) is 4.42. The second kappa shape index (κ2) is 5.09. The van der Waals surface area contributed by atoms with E-state index in [9.17, 15) is 4.79 Å². The topological polar surface area (TPSA) is 58.9 Å². The molecule has 1 aliphatic heterocycles. The number of aliphatic imine (C=N–C) groups is 1. The molecule has 23 heavy (non-hydrogen) atoms. The van der Waals surface area contributed by atoms with Crippen molar-refractivity contribution in [3.63, 3.8) is 0 Å². The summed E-state index contributed by atoms with van der Waals surface area (Å²) in [4.78, 5) is 15.7. The molecule has 4 rings (SSSR count). The van der Waals surface area contributed by atoms with Gasteiger partial charge in [-0.3, -0.25) is 4.99 Å². The summed E-state index contributed by atoms with van der Waals surface area (Å²) in [5.74, 6) is -0.344. The number of carbonyl (C=O) groups is 1. The van der Waals surface area contributed by atoms with Crippen molar-refractivity contribution in [3.8, 4) is 5.75 Å². The highest BCUT2D eigenvalue weighted by molar-refractivity contribution is 5.90. The lowest BCUT2D eigenvalue weighted by molar-refractivity contribution is 0.0697. The summed E-state index contributed by atoms with van der Waals surface area (Å²) in [6, 6.07) is 13.0. The van der Waals surface area contributed by atoms with Crippen molar-refractivity contribution in [2.75, 3.05) is 6.61 Å². The standard InChI is InChI=1S/C19H15NO3/c21-18(22)14-7-8-17-16(10-14)20-11-19(12-23-17)9-3-5-13-4-1-2-6-15(13)19/h1-8,10-11H,9,12H2,(H,21,22). The van der Waals surface area contributed by atoms with Crippen LogP contribution in [0, 0.1) is 0 Å². The van der Waals surface area contributed by atoms with Gasteiger partial charge >= 0.3 is 5.97 Å². The highest BCUT2D eigenvalue weighted by Gasteiger charge is 2.35. The van der Waals surface area contributed by atoms with Crippen LogP contribution in [0.5, 0.6) is 5.75 Å². The van der Waals surface area contributed by atoms with Crippen molar-refractivity contribution in [1.82, 2.24) is 0 Å². The van der Waals surface area contributed by atoms with E-state index >= 15 is 0 Å². The van der Waals surface area contributed by atoms with Gasteiger partial charge in [-0.1, -0.05) is 36.4 Å². The first-order valence-corrected chi connectivity index (χ1v) is 7.49. The molecule has 0 radical (unpaired) electrons. The Hall–Kier alpha value is -2.88. The fourth-order valence-electron chi connectivity index (χ4n) is 3.17. The molecular formula is C19H15NO3. The van der Waals surface area contributed by atoms with Gasteiger partial charge in [0.1, 0.15) is 18.0 Å². The Morgan fingerprint density at radius 3 is 2.96 bits per heavy atom. The van der Waals surface area contributed by atoms with Gasteiger partial charge in [0.2, 0.25) is 0 Å². The van der Waals surface area contributed by atoms with E-state index < -0.39 is 5.97 Å². The molecule has 1 heterocycles. The molecule has 2 aromatic carbocycles. The number of ether oxygens (including phenoxy) is 1. The lowest BCUT2D eigenvalue weighted by Crippen LogP contribution is -2.36. The van der Waals surface area contributed by atoms with Crippen molar-refractivity contribution in [2.45, 2.75) is 11.8 Å². The van der Waals surface area contributed by atoms with Crippen molar-refractivity contribution < 1.29 is 14.6 Å². The number of rotatable bonds is 1. The fraction of sp³-hybridized carbons (Fsp3) is 0.158. The van der Waals surface area contributed by atoms with E-state index in [-0.39, 0.29) is 11.0 Å². The van der Waals surface area contributed by atoms with Crippen molar-refractivity contribution in [3.05, 3.63) is 65.2 Å². The number of fused-ring (bicyclic) bond motifs is 3. The van der Waals surface area contributed by atoms with E-state index in [1.165, 1.54) is 11.1 Å². The molecule has 0 bridgehead atoms. The lowest BCUT2D eigenvalue weighted by atomic mass is 9.74. The van der Waals surface area contributed by atoms with Crippen LogP contribution in [0.1, 0.15) is 27.9 Å². The Morgan fingerprint density at radius 1 is 1.22 bits per heavy atom. The first kappa shape index (κ1) is 13.8. The molecule has 0 fully saturated rings. The Bertz CT molecular complexity index is 853. The monoisotopic (exact) mass is 305 g/mol. The number of allylic oxidation sites excluding steroid dienone is 1. The summed E-state index contributed by atoms with van der Waals surface area (Å²) in [5.41, 5.74) is 2.83. The van der Waals surface area contributed by atoms with Gasteiger partial charge in [-0.05, 0) is 35.7 Å². The zero-order valence-corrected chi connectivity index (χ0v) is 12.4. The Kier molecular flexibility index (Phi) is 3.05. The van der Waals surface area contributed by atoms with Crippen molar-refractivity contribution in [2.24, 2.45) is 4.99 Å². The molecule has 1 N–H and O–H groups in total. The largest absolute Gasteiger partial charge is 0.490 e.